The van der Waals surface area contributed by atoms with Crippen LogP contribution in [0.25, 0.3) is 32.8 Å². The Kier molecular flexibility index (Phi) is 11.4. The van der Waals surface area contributed by atoms with Gasteiger partial charge in [0.2, 0.25) is 17.7 Å². The van der Waals surface area contributed by atoms with Crippen LogP contribution in [0.5, 0.6) is 5.75 Å². The van der Waals surface area contributed by atoms with Crippen LogP contribution < -0.4 is 16.4 Å². The van der Waals surface area contributed by atoms with Gasteiger partial charge in [-0.05, 0) is 72.6 Å². The first-order valence-corrected chi connectivity index (χ1v) is 20.3. The van der Waals surface area contributed by atoms with E-state index in [1.807, 2.05) is 88.7 Å². The van der Waals surface area contributed by atoms with E-state index < -0.39 is 17.5 Å². The van der Waals surface area contributed by atoms with Crippen molar-refractivity contribution in [1.29, 1.82) is 0 Å². The van der Waals surface area contributed by atoms with E-state index in [4.69, 9.17) is 5.73 Å². The van der Waals surface area contributed by atoms with Crippen LogP contribution in [0.3, 0.4) is 0 Å². The normalized spacial score (nSPS) is 17.1. The van der Waals surface area contributed by atoms with Gasteiger partial charge in [-0.1, -0.05) is 81.4 Å². The summed E-state index contributed by atoms with van der Waals surface area (Å²) in [6, 6.07) is 23.4. The maximum Gasteiger partial charge on any atom is 0.246 e. The van der Waals surface area contributed by atoms with Crippen LogP contribution in [0.2, 0.25) is 0 Å². The molecule has 4 heterocycles. The molecule has 3 amide bonds. The van der Waals surface area contributed by atoms with Crippen molar-refractivity contribution >= 4 is 34.9 Å². The molecule has 0 saturated carbocycles. The number of nitrogens with one attached hydrogen (secondary N) is 2. The molecule has 3 aromatic carbocycles. The highest BCUT2D eigenvalue weighted by molar-refractivity contribution is 7.13. The molecule has 0 radical (unpaired) electrons. The fourth-order valence-electron chi connectivity index (χ4n) is 7.72. The van der Waals surface area contributed by atoms with Crippen LogP contribution in [0.15, 0.2) is 84.4 Å². The zero-order valence-electron chi connectivity index (χ0n) is 33.0. The molecule has 296 valence electrons. The fourth-order valence-corrected chi connectivity index (χ4v) is 8.53. The highest BCUT2D eigenvalue weighted by Gasteiger charge is 2.42. The first kappa shape index (κ1) is 39.6. The number of likely N-dealkylation sites (tertiary alicyclic amines) is 2. The van der Waals surface area contributed by atoms with E-state index in [-0.39, 0.29) is 42.0 Å². The van der Waals surface area contributed by atoms with Gasteiger partial charge < -0.3 is 26.4 Å². The summed E-state index contributed by atoms with van der Waals surface area (Å²) < 4.78 is 0. The van der Waals surface area contributed by atoms with E-state index in [2.05, 4.69) is 42.8 Å². The molecular weight excluding hydrogens is 737 g/mol. The van der Waals surface area contributed by atoms with Crippen molar-refractivity contribution in [3.63, 3.8) is 0 Å². The van der Waals surface area contributed by atoms with Crippen molar-refractivity contribution in [3.8, 4) is 38.6 Å². The van der Waals surface area contributed by atoms with Gasteiger partial charge in [0.25, 0.3) is 0 Å². The lowest BCUT2D eigenvalue weighted by molar-refractivity contribution is -0.144. The summed E-state index contributed by atoms with van der Waals surface area (Å²) in [4.78, 5) is 50.4. The summed E-state index contributed by atoms with van der Waals surface area (Å²) in [5.74, 6) is 0.0333. The number of aryl methyl sites for hydroxylation is 1. The minimum Gasteiger partial charge on any atom is -0.507 e. The number of anilines is 1. The van der Waals surface area contributed by atoms with Crippen molar-refractivity contribution in [2.24, 2.45) is 5.41 Å². The molecule has 12 nitrogen and oxygen atoms in total. The Hall–Kier alpha value is -5.66. The van der Waals surface area contributed by atoms with Gasteiger partial charge in [0.15, 0.2) is 5.82 Å². The second kappa shape index (κ2) is 16.4. The molecular formula is C44H50N8O4S. The number of amides is 3. The van der Waals surface area contributed by atoms with Crippen molar-refractivity contribution in [2.45, 2.75) is 71.5 Å². The number of carbonyl (C=O) groups excluding carboxylic acids is 3. The van der Waals surface area contributed by atoms with Crippen molar-refractivity contribution < 1.29 is 19.5 Å². The van der Waals surface area contributed by atoms with Crippen LogP contribution >= 0.6 is 11.3 Å². The lowest BCUT2D eigenvalue weighted by Crippen LogP contribution is -2.59. The number of nitrogen functional groups attached to an aromatic ring is 1. The Balaban J connectivity index is 0.925. The van der Waals surface area contributed by atoms with Gasteiger partial charge in [0.05, 0.1) is 34.4 Å². The third-order valence-corrected chi connectivity index (χ3v) is 12.0. The molecule has 7 rings (SSSR count). The zero-order valence-corrected chi connectivity index (χ0v) is 33.8. The number of nitrogens with two attached hydrogens (primary N) is 1. The average molecular weight is 787 g/mol. The molecule has 5 aromatic rings. The number of phenolic OH excluding ortho intramolecular Hbond substituents is 1. The van der Waals surface area contributed by atoms with Gasteiger partial charge in [-0.2, -0.15) is 0 Å². The third kappa shape index (κ3) is 8.69. The van der Waals surface area contributed by atoms with E-state index in [1.54, 1.807) is 34.4 Å². The van der Waals surface area contributed by atoms with Crippen LogP contribution in [0.1, 0.15) is 69.3 Å². The molecule has 0 bridgehead atoms. The van der Waals surface area contributed by atoms with Gasteiger partial charge in [0.1, 0.15) is 17.8 Å². The second-order valence-electron chi connectivity index (χ2n) is 16.2. The molecule has 3 unspecified atom stereocenters. The van der Waals surface area contributed by atoms with Crippen LogP contribution in [-0.4, -0.2) is 86.1 Å². The molecule has 5 N–H and O–H groups in total. The molecule has 0 aliphatic carbocycles. The Bertz CT molecular complexity index is 2250. The topological polar surface area (TPSA) is 167 Å². The monoisotopic (exact) mass is 786 g/mol. The quantitative estimate of drug-likeness (QED) is 0.120. The Morgan fingerprint density at radius 1 is 0.947 bits per heavy atom. The van der Waals surface area contributed by atoms with E-state index in [0.717, 1.165) is 38.4 Å². The Morgan fingerprint density at radius 2 is 1.65 bits per heavy atom. The molecule has 2 saturated heterocycles. The lowest BCUT2D eigenvalue weighted by atomic mass is 9.85. The number of hydrogen-bond acceptors (Lipinski definition) is 10. The summed E-state index contributed by atoms with van der Waals surface area (Å²) in [6.45, 7) is 11.8. The van der Waals surface area contributed by atoms with E-state index >= 15 is 0 Å². The minimum atomic E-state index is -0.787. The van der Waals surface area contributed by atoms with Gasteiger partial charge in [0, 0.05) is 36.7 Å². The van der Waals surface area contributed by atoms with Crippen LogP contribution in [0, 0.1) is 12.3 Å². The van der Waals surface area contributed by atoms with Gasteiger partial charge in [-0.15, -0.1) is 21.5 Å². The SMILES string of the molecule is Cc1ncsc1-c1ccc(C(C)NC(=O)C2CCCN2C(=O)C(NC(=O)CN2CC(c3ccc(-c4cc(-c5ccccc5O)nnc4N)cc3)C2)C(C)(C)C)cc1. The number of nitrogens with zero attached hydrogens (tertiary/aromatic N) is 5. The predicted molar refractivity (Wildman–Crippen MR) is 223 cm³/mol. The third-order valence-electron chi connectivity index (χ3n) is 11.1. The molecule has 2 aromatic heterocycles. The predicted octanol–water partition coefficient (Wildman–Crippen LogP) is 6.33. The highest BCUT2D eigenvalue weighted by Crippen LogP contribution is 2.35. The summed E-state index contributed by atoms with van der Waals surface area (Å²) >= 11 is 1.60. The number of phenols is 1. The second-order valence-corrected chi connectivity index (χ2v) is 17.1. The number of benzene rings is 3. The van der Waals surface area contributed by atoms with E-state index in [1.165, 1.54) is 0 Å². The van der Waals surface area contributed by atoms with Gasteiger partial charge in [-0.25, -0.2) is 4.98 Å². The molecule has 2 aliphatic rings. The standard InChI is InChI=1S/C44H50N8O4S/c1-26(28-12-18-31(19-13-28)39-27(2)46-25-57-39)47-42(55)36-10-8-20-52(36)43(56)40(44(3,4)5)48-38(54)24-51-22-32(23-51)29-14-16-30(17-15-29)34-21-35(49-50-41(34)45)33-9-6-7-11-37(33)53/h6-7,9,11-19,21,25-26,32,36,40,53H,8,10,20,22-24H2,1-5H3,(H2,45,50)(H,47,55)(H,48,54). The molecule has 13 heteroatoms. The summed E-state index contributed by atoms with van der Waals surface area (Å²) in [5, 5.41) is 24.8. The molecule has 2 fully saturated rings. The number of thiazole rings is 1. The van der Waals surface area contributed by atoms with Crippen molar-refractivity contribution in [3.05, 3.63) is 101 Å². The number of carbonyl (C=O) groups is 3. The number of aromatic hydroxyl groups is 1. The number of hydrogen-bond donors (Lipinski definition) is 4. The first-order valence-electron chi connectivity index (χ1n) is 19.4. The van der Waals surface area contributed by atoms with E-state index in [9.17, 15) is 19.5 Å². The lowest BCUT2D eigenvalue weighted by Gasteiger charge is -2.40. The maximum absolute atomic E-state index is 14.1. The van der Waals surface area contributed by atoms with Crippen LogP contribution in [-0.2, 0) is 14.4 Å². The largest absolute Gasteiger partial charge is 0.507 e. The summed E-state index contributed by atoms with van der Waals surface area (Å²) in [5.41, 5.74) is 14.4. The summed E-state index contributed by atoms with van der Waals surface area (Å²) in [7, 11) is 0. The Morgan fingerprint density at radius 3 is 2.32 bits per heavy atom. The minimum absolute atomic E-state index is 0.119. The zero-order chi connectivity index (χ0) is 40.4. The molecule has 2 aliphatic heterocycles. The number of para-hydroxylation sites is 1. The smallest absolute Gasteiger partial charge is 0.246 e. The van der Waals surface area contributed by atoms with Gasteiger partial charge >= 0.3 is 0 Å². The Labute approximate surface area is 337 Å². The number of rotatable bonds is 11. The summed E-state index contributed by atoms with van der Waals surface area (Å²) in [6.07, 6.45) is 1.29. The number of aromatic nitrogens is 3. The van der Waals surface area contributed by atoms with Gasteiger partial charge in [-0.3, -0.25) is 19.3 Å². The maximum atomic E-state index is 14.1. The first-order chi connectivity index (χ1) is 27.3. The average Bonchev–Trinajstić information content (AvgIpc) is 3.85. The highest BCUT2D eigenvalue weighted by atomic mass is 32.1. The molecule has 3 atom stereocenters. The fraction of sp³-hybridized carbons (Fsp3) is 0.364. The van der Waals surface area contributed by atoms with E-state index in [0.29, 0.717) is 49.6 Å². The van der Waals surface area contributed by atoms with Crippen LogP contribution in [0.4, 0.5) is 5.82 Å². The van der Waals surface area contributed by atoms with Crippen molar-refractivity contribution in [1.82, 2.24) is 35.6 Å². The molecule has 57 heavy (non-hydrogen) atoms. The molecule has 0 spiro atoms. The van der Waals surface area contributed by atoms with Crippen molar-refractivity contribution in [2.75, 3.05) is 31.9 Å².